The first kappa shape index (κ1) is 14.4. The molecular formula is C14H12ClN3OS. The molecule has 0 bridgehead atoms. The van der Waals surface area contributed by atoms with Crippen molar-refractivity contribution in [2.45, 2.75) is 6.92 Å². The molecule has 1 amide bonds. The fraction of sp³-hybridized carbons (Fsp3) is 0.0714. The van der Waals surface area contributed by atoms with Crippen molar-refractivity contribution in [1.29, 1.82) is 0 Å². The highest BCUT2D eigenvalue weighted by Crippen LogP contribution is 2.09. The number of carbonyl (C=O) groups is 1. The molecule has 0 fully saturated rings. The Labute approximate surface area is 127 Å². The van der Waals surface area contributed by atoms with Crippen LogP contribution in [0.25, 0.3) is 0 Å². The zero-order chi connectivity index (χ0) is 14.5. The second-order valence-corrected chi connectivity index (χ2v) is 4.98. The molecule has 4 nitrogen and oxygen atoms in total. The Morgan fingerprint density at radius 2 is 1.95 bits per heavy atom. The molecule has 1 aromatic heterocycles. The summed E-state index contributed by atoms with van der Waals surface area (Å²) < 4.78 is 0. The van der Waals surface area contributed by atoms with Crippen LogP contribution in [0.4, 0.5) is 5.82 Å². The molecule has 2 N–H and O–H groups in total. The van der Waals surface area contributed by atoms with E-state index in [0.717, 1.165) is 5.56 Å². The Kier molecular flexibility index (Phi) is 4.65. The van der Waals surface area contributed by atoms with Crippen LogP contribution in [0.1, 0.15) is 15.9 Å². The molecule has 0 atom stereocenters. The van der Waals surface area contributed by atoms with Crippen LogP contribution in [0.3, 0.4) is 0 Å². The number of anilines is 1. The summed E-state index contributed by atoms with van der Waals surface area (Å²) in [6.07, 6.45) is 1.67. The SMILES string of the molecule is Cc1ccnc(NC(=S)NC(=O)c2ccc(Cl)cc2)c1. The molecule has 6 heteroatoms. The van der Waals surface area contributed by atoms with Gasteiger partial charge in [0.05, 0.1) is 0 Å². The molecule has 0 aliphatic rings. The van der Waals surface area contributed by atoms with Crippen LogP contribution >= 0.6 is 23.8 Å². The van der Waals surface area contributed by atoms with Gasteiger partial charge in [0.2, 0.25) is 0 Å². The largest absolute Gasteiger partial charge is 0.317 e. The summed E-state index contributed by atoms with van der Waals surface area (Å²) in [7, 11) is 0. The topological polar surface area (TPSA) is 54.0 Å². The molecule has 0 aliphatic carbocycles. The number of benzene rings is 1. The molecular weight excluding hydrogens is 294 g/mol. The summed E-state index contributed by atoms with van der Waals surface area (Å²) >= 11 is 10.8. The third kappa shape index (κ3) is 4.01. The van der Waals surface area contributed by atoms with Gasteiger partial charge >= 0.3 is 0 Å². The number of amides is 1. The van der Waals surface area contributed by atoms with E-state index in [1.807, 2.05) is 19.1 Å². The number of nitrogens with zero attached hydrogens (tertiary/aromatic N) is 1. The molecule has 2 aromatic rings. The predicted molar refractivity (Wildman–Crippen MR) is 84.1 cm³/mol. The van der Waals surface area contributed by atoms with Gasteiger partial charge in [-0.2, -0.15) is 0 Å². The molecule has 0 saturated heterocycles. The second-order valence-electron chi connectivity index (χ2n) is 4.13. The summed E-state index contributed by atoms with van der Waals surface area (Å²) in [4.78, 5) is 16.0. The van der Waals surface area contributed by atoms with E-state index in [4.69, 9.17) is 23.8 Å². The van der Waals surface area contributed by atoms with Gasteiger partial charge in [-0.1, -0.05) is 11.6 Å². The first-order valence-corrected chi connectivity index (χ1v) is 6.64. The molecule has 0 aliphatic heterocycles. The van der Waals surface area contributed by atoms with Gasteiger partial charge in [0, 0.05) is 16.8 Å². The molecule has 1 aromatic carbocycles. The zero-order valence-electron chi connectivity index (χ0n) is 10.7. The molecule has 102 valence electrons. The summed E-state index contributed by atoms with van der Waals surface area (Å²) in [5.74, 6) is 0.290. The average molecular weight is 306 g/mol. The van der Waals surface area contributed by atoms with Gasteiger partial charge in [-0.15, -0.1) is 0 Å². The van der Waals surface area contributed by atoms with E-state index >= 15 is 0 Å². The number of aryl methyl sites for hydroxylation is 1. The van der Waals surface area contributed by atoms with Crippen molar-refractivity contribution in [3.8, 4) is 0 Å². The predicted octanol–water partition coefficient (Wildman–Crippen LogP) is 3.17. The third-order valence-electron chi connectivity index (χ3n) is 2.49. The van der Waals surface area contributed by atoms with E-state index < -0.39 is 0 Å². The van der Waals surface area contributed by atoms with Crippen LogP contribution in [0.15, 0.2) is 42.6 Å². The standard InChI is InChI=1S/C14H12ClN3OS/c1-9-6-7-16-12(8-9)17-14(20)18-13(19)10-2-4-11(15)5-3-10/h2-8H,1H3,(H2,16,17,18,19,20). The number of rotatable bonds is 2. The van der Waals surface area contributed by atoms with Gasteiger partial charge in [0.1, 0.15) is 5.82 Å². The fourth-order valence-electron chi connectivity index (χ4n) is 1.53. The monoisotopic (exact) mass is 305 g/mol. The molecule has 0 saturated carbocycles. The second kappa shape index (κ2) is 6.45. The highest BCUT2D eigenvalue weighted by Gasteiger charge is 2.08. The number of thiocarbonyl (C=S) groups is 1. The number of hydrogen-bond donors (Lipinski definition) is 2. The molecule has 1 heterocycles. The number of pyridine rings is 1. The first-order valence-electron chi connectivity index (χ1n) is 5.85. The van der Waals surface area contributed by atoms with Crippen LogP contribution in [0.2, 0.25) is 5.02 Å². The minimum Gasteiger partial charge on any atom is -0.317 e. The van der Waals surface area contributed by atoms with Crippen molar-refractivity contribution < 1.29 is 4.79 Å². The van der Waals surface area contributed by atoms with Gasteiger partial charge in [0.25, 0.3) is 5.91 Å². The van der Waals surface area contributed by atoms with Crippen LogP contribution in [0, 0.1) is 6.92 Å². The lowest BCUT2D eigenvalue weighted by atomic mass is 10.2. The molecule has 0 unspecified atom stereocenters. The van der Waals surface area contributed by atoms with E-state index in [9.17, 15) is 4.79 Å². The highest BCUT2D eigenvalue weighted by molar-refractivity contribution is 7.80. The van der Waals surface area contributed by atoms with E-state index in [-0.39, 0.29) is 11.0 Å². The maximum Gasteiger partial charge on any atom is 0.257 e. The lowest BCUT2D eigenvalue weighted by Gasteiger charge is -2.09. The van der Waals surface area contributed by atoms with E-state index in [1.54, 1.807) is 30.5 Å². The van der Waals surface area contributed by atoms with Crippen molar-refractivity contribution in [2.24, 2.45) is 0 Å². The molecule has 0 spiro atoms. The molecule has 2 rings (SSSR count). The minimum absolute atomic E-state index is 0.197. The van der Waals surface area contributed by atoms with Crippen LogP contribution in [-0.4, -0.2) is 16.0 Å². The molecule has 20 heavy (non-hydrogen) atoms. The Balaban J connectivity index is 1.97. The Morgan fingerprint density at radius 3 is 2.60 bits per heavy atom. The summed E-state index contributed by atoms with van der Waals surface area (Å²) in [6.45, 7) is 1.95. The van der Waals surface area contributed by atoms with Gasteiger partial charge in [-0.05, 0) is 61.1 Å². The van der Waals surface area contributed by atoms with Crippen LogP contribution < -0.4 is 10.6 Å². The minimum atomic E-state index is -0.299. The van der Waals surface area contributed by atoms with Gasteiger partial charge in [-0.3, -0.25) is 10.1 Å². The zero-order valence-corrected chi connectivity index (χ0v) is 12.3. The van der Waals surface area contributed by atoms with E-state index in [0.29, 0.717) is 16.4 Å². The third-order valence-corrected chi connectivity index (χ3v) is 2.95. The average Bonchev–Trinajstić information content (AvgIpc) is 2.39. The highest BCUT2D eigenvalue weighted by atomic mass is 35.5. The molecule has 0 radical (unpaired) electrons. The summed E-state index contributed by atoms with van der Waals surface area (Å²) in [5.41, 5.74) is 1.53. The van der Waals surface area contributed by atoms with Crippen molar-refractivity contribution in [3.63, 3.8) is 0 Å². The Morgan fingerprint density at radius 1 is 1.25 bits per heavy atom. The van der Waals surface area contributed by atoms with Crippen LogP contribution in [-0.2, 0) is 0 Å². The van der Waals surface area contributed by atoms with Crippen molar-refractivity contribution in [3.05, 3.63) is 58.7 Å². The van der Waals surface area contributed by atoms with Gasteiger partial charge in [0.15, 0.2) is 5.11 Å². The van der Waals surface area contributed by atoms with Gasteiger partial charge in [-0.25, -0.2) is 4.98 Å². The number of hydrogen-bond acceptors (Lipinski definition) is 3. The van der Waals surface area contributed by atoms with E-state index in [2.05, 4.69) is 15.6 Å². The fourth-order valence-corrected chi connectivity index (χ4v) is 1.85. The van der Waals surface area contributed by atoms with Crippen molar-refractivity contribution in [1.82, 2.24) is 10.3 Å². The van der Waals surface area contributed by atoms with E-state index in [1.165, 1.54) is 0 Å². The number of nitrogens with one attached hydrogen (secondary N) is 2. The number of carbonyl (C=O) groups excluding carboxylic acids is 1. The lowest BCUT2D eigenvalue weighted by Crippen LogP contribution is -2.34. The summed E-state index contributed by atoms with van der Waals surface area (Å²) in [6, 6.07) is 10.3. The quantitative estimate of drug-likeness (QED) is 0.837. The van der Waals surface area contributed by atoms with Crippen LogP contribution in [0.5, 0.6) is 0 Å². The maximum atomic E-state index is 11.9. The lowest BCUT2D eigenvalue weighted by molar-refractivity contribution is 0.0978. The smallest absolute Gasteiger partial charge is 0.257 e. The van der Waals surface area contributed by atoms with Crippen molar-refractivity contribution in [2.75, 3.05) is 5.32 Å². The van der Waals surface area contributed by atoms with Gasteiger partial charge < -0.3 is 5.32 Å². The summed E-state index contributed by atoms with van der Waals surface area (Å²) in [5, 5.41) is 6.21. The number of aromatic nitrogens is 1. The Hall–Kier alpha value is -1.98. The normalized spacial score (nSPS) is 9.90. The Bertz CT molecular complexity index is 643. The first-order chi connectivity index (χ1) is 9.54. The number of halogens is 1. The maximum absolute atomic E-state index is 11.9. The van der Waals surface area contributed by atoms with Crippen molar-refractivity contribution >= 4 is 40.7 Å².